The van der Waals surface area contributed by atoms with Gasteiger partial charge in [-0.1, -0.05) is 18.2 Å². The van der Waals surface area contributed by atoms with E-state index in [2.05, 4.69) is 15.5 Å². The van der Waals surface area contributed by atoms with E-state index in [1.165, 1.54) is 0 Å². The van der Waals surface area contributed by atoms with Crippen molar-refractivity contribution < 1.29 is 9.53 Å². The average molecular weight is 309 g/mol. The molecule has 0 aliphatic heterocycles. The molecule has 1 aliphatic rings. The number of fused-ring (bicyclic) bond motifs is 1. The van der Waals surface area contributed by atoms with Gasteiger partial charge in [-0.25, -0.2) is 0 Å². The van der Waals surface area contributed by atoms with Gasteiger partial charge < -0.3 is 10.1 Å². The molecular weight excluding hydrogens is 290 g/mol. The molecule has 0 spiro atoms. The highest BCUT2D eigenvalue weighted by atomic mass is 16.5. The number of rotatable bonds is 3. The van der Waals surface area contributed by atoms with E-state index >= 15 is 0 Å². The molecule has 118 valence electrons. The Labute approximate surface area is 134 Å². The first-order valence-electron chi connectivity index (χ1n) is 7.59. The maximum Gasteiger partial charge on any atom is 0.227 e. The first-order chi connectivity index (χ1) is 11.3. The number of anilines is 1. The minimum Gasteiger partial charge on any atom is -0.497 e. The van der Waals surface area contributed by atoms with Crippen LogP contribution in [0, 0.1) is 5.92 Å². The third-order valence-corrected chi connectivity index (χ3v) is 3.66. The van der Waals surface area contributed by atoms with E-state index in [1.54, 1.807) is 7.11 Å². The lowest BCUT2D eigenvalue weighted by Gasteiger charge is -2.04. The number of nitrogens with zero attached hydrogens (tertiary/aromatic N) is 1. The fraction of sp³-hybridized carbons (Fsp3) is 0.222. The largest absolute Gasteiger partial charge is 0.497 e. The van der Waals surface area contributed by atoms with Crippen molar-refractivity contribution in [3.63, 3.8) is 0 Å². The first-order valence-corrected chi connectivity index (χ1v) is 7.59. The predicted molar refractivity (Wildman–Crippen MR) is 90.4 cm³/mol. The van der Waals surface area contributed by atoms with Gasteiger partial charge in [-0.15, -0.1) is 0 Å². The Bertz CT molecular complexity index is 746. The summed E-state index contributed by atoms with van der Waals surface area (Å²) in [6.07, 6.45) is 3.87. The van der Waals surface area contributed by atoms with Crippen molar-refractivity contribution >= 4 is 22.5 Å². The average Bonchev–Trinajstić information content (AvgIpc) is 3.34. The number of carbonyl (C=O) groups is 1. The summed E-state index contributed by atoms with van der Waals surface area (Å²) in [6, 6.07) is 15.4. The second kappa shape index (κ2) is 6.96. The summed E-state index contributed by atoms with van der Waals surface area (Å²) in [4.78, 5) is 11.4. The van der Waals surface area contributed by atoms with Crippen molar-refractivity contribution in [2.45, 2.75) is 12.8 Å². The third kappa shape index (κ3) is 4.10. The molecular formula is C18H19N3O2. The number of hydrogen-bond acceptors (Lipinski definition) is 3. The van der Waals surface area contributed by atoms with Crippen LogP contribution in [-0.2, 0) is 4.79 Å². The molecule has 1 saturated carbocycles. The Kier molecular flexibility index (Phi) is 4.57. The highest BCUT2D eigenvalue weighted by molar-refractivity contribution is 5.94. The molecule has 0 atom stereocenters. The Hall–Kier alpha value is -2.82. The van der Waals surface area contributed by atoms with Gasteiger partial charge in [-0.2, -0.15) is 5.10 Å². The summed E-state index contributed by atoms with van der Waals surface area (Å²) in [5.41, 5.74) is 1.93. The Morgan fingerprint density at radius 3 is 2.57 bits per heavy atom. The predicted octanol–water partition coefficient (Wildman–Crippen LogP) is 3.61. The molecule has 0 radical (unpaired) electrons. The molecule has 0 unspecified atom stereocenters. The molecule has 0 bridgehead atoms. The van der Waals surface area contributed by atoms with Gasteiger partial charge in [0.15, 0.2) is 0 Å². The molecule has 4 rings (SSSR count). The highest BCUT2D eigenvalue weighted by Gasteiger charge is 2.29. The van der Waals surface area contributed by atoms with E-state index in [0.29, 0.717) is 0 Å². The molecule has 1 fully saturated rings. The van der Waals surface area contributed by atoms with Crippen LogP contribution < -0.4 is 10.1 Å². The number of para-hydroxylation sites is 1. The van der Waals surface area contributed by atoms with E-state index < -0.39 is 0 Å². The van der Waals surface area contributed by atoms with Gasteiger partial charge >= 0.3 is 0 Å². The topological polar surface area (TPSA) is 67.0 Å². The molecule has 0 saturated heterocycles. The van der Waals surface area contributed by atoms with Crippen LogP contribution in [0.4, 0.5) is 5.69 Å². The molecule has 23 heavy (non-hydrogen) atoms. The molecule has 2 aromatic carbocycles. The second-order valence-corrected chi connectivity index (χ2v) is 5.45. The van der Waals surface area contributed by atoms with Crippen molar-refractivity contribution in [3.8, 4) is 5.75 Å². The maximum atomic E-state index is 11.4. The van der Waals surface area contributed by atoms with Gasteiger partial charge in [-0.3, -0.25) is 9.89 Å². The van der Waals surface area contributed by atoms with Crippen LogP contribution in [0.3, 0.4) is 0 Å². The molecule has 1 amide bonds. The Balaban J connectivity index is 0.000000149. The zero-order chi connectivity index (χ0) is 16.1. The summed E-state index contributed by atoms with van der Waals surface area (Å²) in [6.45, 7) is 0. The molecule has 2 N–H and O–H groups in total. The maximum absolute atomic E-state index is 11.4. The minimum absolute atomic E-state index is 0.134. The molecule has 5 heteroatoms. The number of aromatic amines is 1. The number of aromatic nitrogens is 2. The number of H-pyrrole nitrogens is 1. The summed E-state index contributed by atoms with van der Waals surface area (Å²) < 4.78 is 5.02. The van der Waals surface area contributed by atoms with Gasteiger partial charge in [0.2, 0.25) is 5.91 Å². The van der Waals surface area contributed by atoms with E-state index in [-0.39, 0.29) is 11.8 Å². The molecule has 1 heterocycles. The van der Waals surface area contributed by atoms with Crippen LogP contribution in [-0.4, -0.2) is 23.2 Å². The second-order valence-electron chi connectivity index (χ2n) is 5.45. The van der Waals surface area contributed by atoms with Gasteiger partial charge in [0.05, 0.1) is 18.8 Å². The van der Waals surface area contributed by atoms with Gasteiger partial charge in [0.25, 0.3) is 0 Å². The number of ether oxygens (including phenoxy) is 1. The van der Waals surface area contributed by atoms with Crippen LogP contribution in [0.25, 0.3) is 10.9 Å². The number of benzene rings is 2. The first kappa shape index (κ1) is 15.1. The van der Waals surface area contributed by atoms with Crippen LogP contribution in [0.5, 0.6) is 5.75 Å². The van der Waals surface area contributed by atoms with Crippen molar-refractivity contribution in [2.24, 2.45) is 5.92 Å². The number of amides is 1. The van der Waals surface area contributed by atoms with E-state index in [4.69, 9.17) is 4.74 Å². The lowest BCUT2D eigenvalue weighted by molar-refractivity contribution is -0.117. The SMILES string of the molecule is COc1ccc(NC(=O)C2CC2)cc1.c1ccc2[nH]ncc2c1. The zero-order valence-corrected chi connectivity index (χ0v) is 13.0. The standard InChI is InChI=1S/C11H13NO2.C7H6N2/c1-14-10-6-4-9(5-7-10)12-11(13)8-2-3-8;1-2-4-7-6(3-1)5-8-9-7/h4-8H,2-3H2,1H3,(H,12,13);1-5H,(H,8,9). The third-order valence-electron chi connectivity index (χ3n) is 3.66. The van der Waals surface area contributed by atoms with Crippen molar-refractivity contribution in [2.75, 3.05) is 12.4 Å². The van der Waals surface area contributed by atoms with Crippen LogP contribution in [0.15, 0.2) is 54.7 Å². The van der Waals surface area contributed by atoms with Crippen molar-refractivity contribution in [3.05, 3.63) is 54.7 Å². The molecule has 3 aromatic rings. The summed E-state index contributed by atoms with van der Waals surface area (Å²) in [5.74, 6) is 1.18. The van der Waals surface area contributed by atoms with Gasteiger partial charge in [0, 0.05) is 17.0 Å². The summed E-state index contributed by atoms with van der Waals surface area (Å²) in [7, 11) is 1.62. The Morgan fingerprint density at radius 1 is 1.17 bits per heavy atom. The number of hydrogen-bond donors (Lipinski definition) is 2. The van der Waals surface area contributed by atoms with Gasteiger partial charge in [0.1, 0.15) is 5.75 Å². The smallest absolute Gasteiger partial charge is 0.227 e. The van der Waals surface area contributed by atoms with E-state index in [9.17, 15) is 4.79 Å². The summed E-state index contributed by atoms with van der Waals surface area (Å²) >= 11 is 0. The zero-order valence-electron chi connectivity index (χ0n) is 13.0. The minimum atomic E-state index is 0.134. The monoisotopic (exact) mass is 309 g/mol. The fourth-order valence-electron chi connectivity index (χ4n) is 2.15. The van der Waals surface area contributed by atoms with Gasteiger partial charge in [-0.05, 0) is 43.2 Å². The fourth-order valence-corrected chi connectivity index (χ4v) is 2.15. The van der Waals surface area contributed by atoms with Crippen LogP contribution in [0.1, 0.15) is 12.8 Å². The molecule has 1 aromatic heterocycles. The number of carbonyl (C=O) groups excluding carboxylic acids is 1. The normalized spacial score (nSPS) is 13.1. The lowest BCUT2D eigenvalue weighted by Crippen LogP contribution is -2.12. The lowest BCUT2D eigenvalue weighted by atomic mass is 10.3. The number of methoxy groups -OCH3 is 1. The van der Waals surface area contributed by atoms with Crippen molar-refractivity contribution in [1.29, 1.82) is 0 Å². The highest BCUT2D eigenvalue weighted by Crippen LogP contribution is 2.30. The quantitative estimate of drug-likeness (QED) is 0.776. The van der Waals surface area contributed by atoms with Crippen molar-refractivity contribution in [1.82, 2.24) is 10.2 Å². The number of nitrogens with one attached hydrogen (secondary N) is 2. The van der Waals surface area contributed by atoms with E-state index in [0.717, 1.165) is 35.2 Å². The molecule has 1 aliphatic carbocycles. The summed E-state index contributed by atoms with van der Waals surface area (Å²) in [5, 5.41) is 10.8. The van der Waals surface area contributed by atoms with E-state index in [1.807, 2.05) is 54.7 Å². The van der Waals surface area contributed by atoms with Crippen LogP contribution >= 0.6 is 0 Å². The van der Waals surface area contributed by atoms with Crippen LogP contribution in [0.2, 0.25) is 0 Å². The Morgan fingerprint density at radius 2 is 1.91 bits per heavy atom. The molecule has 5 nitrogen and oxygen atoms in total.